The summed E-state index contributed by atoms with van der Waals surface area (Å²) in [5.41, 5.74) is 3.80. The number of benzene rings is 1. The number of rotatable bonds is 1. The maximum absolute atomic E-state index is 5.78. The molecular weight excluding hydrogens is 214 g/mol. The highest BCUT2D eigenvalue weighted by Crippen LogP contribution is 2.28. The summed E-state index contributed by atoms with van der Waals surface area (Å²) in [4.78, 5) is 1.12. The summed E-state index contributed by atoms with van der Waals surface area (Å²) in [5, 5.41) is 0.572. The lowest BCUT2D eigenvalue weighted by atomic mass is 10.1. The van der Waals surface area contributed by atoms with Gasteiger partial charge < -0.3 is 0 Å². The fourth-order valence-corrected chi connectivity index (χ4v) is 2.20. The Balaban J connectivity index is 2.47. The normalized spacial score (nSPS) is 10.5. The van der Waals surface area contributed by atoms with Gasteiger partial charge in [0, 0.05) is 0 Å². The summed E-state index contributed by atoms with van der Waals surface area (Å²) in [5.74, 6) is 0. The molecule has 0 bridgehead atoms. The van der Waals surface area contributed by atoms with Crippen molar-refractivity contribution in [3.05, 3.63) is 40.5 Å². The van der Waals surface area contributed by atoms with Gasteiger partial charge in [0.15, 0.2) is 0 Å². The second-order valence-electron chi connectivity index (χ2n) is 3.31. The predicted molar refractivity (Wildman–Crippen MR) is 62.0 cm³/mol. The third-order valence-electron chi connectivity index (χ3n) is 2.27. The summed E-state index contributed by atoms with van der Waals surface area (Å²) < 4.78 is 4.05. The molecule has 0 aliphatic carbocycles. The van der Waals surface area contributed by atoms with Crippen molar-refractivity contribution in [3.8, 4) is 10.4 Å². The molecule has 1 aromatic carbocycles. The van der Waals surface area contributed by atoms with Gasteiger partial charge in [-0.15, -0.1) is 0 Å². The smallest absolute Gasteiger partial charge is 0.143 e. The first-order valence-corrected chi connectivity index (χ1v) is 5.52. The number of nitrogens with zero attached hydrogens (tertiary/aromatic N) is 1. The molecule has 0 radical (unpaired) electrons. The van der Waals surface area contributed by atoms with Crippen molar-refractivity contribution in [1.82, 2.24) is 4.37 Å². The van der Waals surface area contributed by atoms with Gasteiger partial charge in [0.25, 0.3) is 0 Å². The fraction of sp³-hybridized carbons (Fsp3) is 0.182. The van der Waals surface area contributed by atoms with E-state index in [9.17, 15) is 0 Å². The van der Waals surface area contributed by atoms with E-state index in [2.05, 4.69) is 36.4 Å². The van der Waals surface area contributed by atoms with E-state index in [-0.39, 0.29) is 0 Å². The number of hydrogen-bond donors (Lipinski definition) is 0. The average molecular weight is 224 g/mol. The molecule has 0 aliphatic rings. The Morgan fingerprint density at radius 2 is 1.93 bits per heavy atom. The zero-order valence-electron chi connectivity index (χ0n) is 8.04. The lowest BCUT2D eigenvalue weighted by Gasteiger charge is -2.01. The van der Waals surface area contributed by atoms with Crippen LogP contribution in [0, 0.1) is 13.8 Å². The standard InChI is InChI=1S/C11H10ClNS/c1-7-3-4-9(5-8(7)2)10-6-11(12)13-14-10/h3-6H,1-2H3. The van der Waals surface area contributed by atoms with Crippen molar-refractivity contribution in [3.63, 3.8) is 0 Å². The van der Waals surface area contributed by atoms with E-state index in [1.807, 2.05) is 6.07 Å². The molecule has 1 heterocycles. The van der Waals surface area contributed by atoms with Gasteiger partial charge in [0.05, 0.1) is 4.88 Å². The molecule has 2 rings (SSSR count). The van der Waals surface area contributed by atoms with Crippen LogP contribution in [0.15, 0.2) is 24.3 Å². The summed E-state index contributed by atoms with van der Waals surface area (Å²) >= 11 is 7.22. The van der Waals surface area contributed by atoms with E-state index in [0.717, 1.165) is 4.88 Å². The molecule has 0 N–H and O–H groups in total. The van der Waals surface area contributed by atoms with Gasteiger partial charge in [-0.25, -0.2) is 0 Å². The van der Waals surface area contributed by atoms with E-state index >= 15 is 0 Å². The van der Waals surface area contributed by atoms with Gasteiger partial charge in [-0.05, 0) is 48.1 Å². The van der Waals surface area contributed by atoms with Crippen molar-refractivity contribution in [2.24, 2.45) is 0 Å². The average Bonchev–Trinajstić information content (AvgIpc) is 2.57. The Morgan fingerprint density at radius 3 is 2.50 bits per heavy atom. The molecule has 14 heavy (non-hydrogen) atoms. The summed E-state index contributed by atoms with van der Waals surface area (Å²) in [6, 6.07) is 8.29. The minimum Gasteiger partial charge on any atom is -0.180 e. The minimum atomic E-state index is 0.572. The Bertz CT molecular complexity index is 462. The van der Waals surface area contributed by atoms with Gasteiger partial charge in [-0.3, -0.25) is 0 Å². The first-order chi connectivity index (χ1) is 6.66. The molecule has 2 aromatic rings. The highest BCUT2D eigenvalue weighted by atomic mass is 35.5. The van der Waals surface area contributed by atoms with Gasteiger partial charge in [-0.1, -0.05) is 29.8 Å². The molecule has 0 fully saturated rings. The van der Waals surface area contributed by atoms with E-state index in [1.54, 1.807) is 0 Å². The van der Waals surface area contributed by atoms with E-state index in [1.165, 1.54) is 28.2 Å². The molecule has 3 heteroatoms. The van der Waals surface area contributed by atoms with Gasteiger partial charge in [0.2, 0.25) is 0 Å². The Hall–Kier alpha value is -0.860. The summed E-state index contributed by atoms with van der Waals surface area (Å²) in [6.07, 6.45) is 0. The van der Waals surface area contributed by atoms with Gasteiger partial charge in [0.1, 0.15) is 5.15 Å². The number of hydrogen-bond acceptors (Lipinski definition) is 2. The van der Waals surface area contributed by atoms with Crippen molar-refractivity contribution < 1.29 is 0 Å². The van der Waals surface area contributed by atoms with Crippen LogP contribution < -0.4 is 0 Å². The molecular formula is C11H10ClNS. The van der Waals surface area contributed by atoms with Crippen LogP contribution in [0.25, 0.3) is 10.4 Å². The molecule has 0 saturated heterocycles. The summed E-state index contributed by atoms with van der Waals surface area (Å²) in [6.45, 7) is 4.22. The monoisotopic (exact) mass is 223 g/mol. The fourth-order valence-electron chi connectivity index (χ4n) is 1.28. The van der Waals surface area contributed by atoms with Crippen molar-refractivity contribution in [2.45, 2.75) is 13.8 Å². The third-order valence-corrected chi connectivity index (χ3v) is 3.40. The number of halogens is 1. The maximum atomic E-state index is 5.78. The topological polar surface area (TPSA) is 12.9 Å². The molecule has 1 aromatic heterocycles. The SMILES string of the molecule is Cc1ccc(-c2cc(Cl)ns2)cc1C. The van der Waals surface area contributed by atoms with E-state index < -0.39 is 0 Å². The molecule has 0 saturated carbocycles. The Labute approximate surface area is 92.5 Å². The number of aromatic nitrogens is 1. The highest BCUT2D eigenvalue weighted by molar-refractivity contribution is 7.09. The molecule has 0 unspecified atom stereocenters. The molecule has 0 atom stereocenters. The molecule has 72 valence electrons. The minimum absolute atomic E-state index is 0.572. The van der Waals surface area contributed by atoms with Crippen LogP contribution in [0.4, 0.5) is 0 Å². The van der Waals surface area contributed by atoms with Crippen LogP contribution in [0.5, 0.6) is 0 Å². The van der Waals surface area contributed by atoms with Gasteiger partial charge in [-0.2, -0.15) is 4.37 Å². The second kappa shape index (κ2) is 3.71. The van der Waals surface area contributed by atoms with Crippen LogP contribution in [0.2, 0.25) is 5.15 Å². The Kier molecular flexibility index (Phi) is 2.57. The predicted octanol–water partition coefficient (Wildman–Crippen LogP) is 4.08. The molecule has 1 nitrogen and oxygen atoms in total. The van der Waals surface area contributed by atoms with Crippen molar-refractivity contribution in [2.75, 3.05) is 0 Å². The molecule has 0 amide bonds. The van der Waals surface area contributed by atoms with Gasteiger partial charge >= 0.3 is 0 Å². The highest BCUT2D eigenvalue weighted by Gasteiger charge is 2.03. The first kappa shape index (κ1) is 9.69. The lowest BCUT2D eigenvalue weighted by Crippen LogP contribution is -1.80. The quantitative estimate of drug-likeness (QED) is 0.710. The molecule has 0 aliphatic heterocycles. The van der Waals surface area contributed by atoms with E-state index in [4.69, 9.17) is 11.6 Å². The van der Waals surface area contributed by atoms with Crippen LogP contribution in [-0.4, -0.2) is 4.37 Å². The molecule has 0 spiro atoms. The first-order valence-electron chi connectivity index (χ1n) is 4.36. The summed E-state index contributed by atoms with van der Waals surface area (Å²) in [7, 11) is 0. The lowest BCUT2D eigenvalue weighted by molar-refractivity contribution is 1.34. The van der Waals surface area contributed by atoms with Crippen molar-refractivity contribution in [1.29, 1.82) is 0 Å². The van der Waals surface area contributed by atoms with E-state index in [0.29, 0.717) is 5.15 Å². The zero-order valence-corrected chi connectivity index (χ0v) is 9.62. The van der Waals surface area contributed by atoms with Crippen LogP contribution in [0.1, 0.15) is 11.1 Å². The zero-order chi connectivity index (χ0) is 10.1. The Morgan fingerprint density at radius 1 is 1.14 bits per heavy atom. The van der Waals surface area contributed by atoms with Crippen molar-refractivity contribution >= 4 is 23.1 Å². The maximum Gasteiger partial charge on any atom is 0.143 e. The number of aryl methyl sites for hydroxylation is 2. The largest absolute Gasteiger partial charge is 0.180 e. The second-order valence-corrected chi connectivity index (χ2v) is 4.51. The van der Waals surface area contributed by atoms with Crippen LogP contribution in [-0.2, 0) is 0 Å². The van der Waals surface area contributed by atoms with Crippen LogP contribution >= 0.6 is 23.1 Å². The third kappa shape index (κ3) is 1.81. The van der Waals surface area contributed by atoms with Crippen LogP contribution in [0.3, 0.4) is 0 Å².